The molecule has 6 heteroatoms. The van der Waals surface area contributed by atoms with Crippen LogP contribution in [-0.2, 0) is 0 Å². The molecule has 6 nitrogen and oxygen atoms in total. The number of aliphatic hydroxyl groups excluding tert-OH is 2. The number of nitrogens with zero attached hydrogens (tertiary/aromatic N) is 2. The second kappa shape index (κ2) is 5.07. The summed E-state index contributed by atoms with van der Waals surface area (Å²) < 4.78 is 0. The van der Waals surface area contributed by atoms with E-state index < -0.39 is 12.2 Å². The minimum atomic E-state index is -0.802. The fourth-order valence-electron chi connectivity index (χ4n) is 2.20. The quantitative estimate of drug-likeness (QED) is 0.628. The van der Waals surface area contributed by atoms with E-state index in [1.807, 2.05) is 0 Å². The topological polar surface area (TPSA) is 90.0 Å². The molecule has 0 spiro atoms. The van der Waals surface area contributed by atoms with Crippen LogP contribution in [0.5, 0.6) is 0 Å². The molecule has 0 aliphatic carbocycles. The van der Waals surface area contributed by atoms with Gasteiger partial charge < -0.3 is 25.7 Å². The van der Waals surface area contributed by atoms with Crippen molar-refractivity contribution in [2.75, 3.05) is 37.8 Å². The number of anilines is 2. The van der Waals surface area contributed by atoms with Gasteiger partial charge in [-0.05, 0) is 18.2 Å². The van der Waals surface area contributed by atoms with Crippen molar-refractivity contribution in [2.45, 2.75) is 12.2 Å². The molecule has 0 radical (unpaired) electrons. The Balaban J connectivity index is 2.38. The summed E-state index contributed by atoms with van der Waals surface area (Å²) in [7, 11) is 3.35. The highest BCUT2D eigenvalue weighted by Crippen LogP contribution is 2.28. The Morgan fingerprint density at radius 1 is 1.32 bits per heavy atom. The molecule has 1 aliphatic rings. The molecule has 2 rings (SSSR count). The van der Waals surface area contributed by atoms with Crippen LogP contribution in [0.4, 0.5) is 11.4 Å². The van der Waals surface area contributed by atoms with Crippen LogP contribution in [-0.4, -0.2) is 60.4 Å². The lowest BCUT2D eigenvalue weighted by Gasteiger charge is -2.23. The van der Waals surface area contributed by atoms with Crippen LogP contribution in [0, 0.1) is 0 Å². The minimum Gasteiger partial charge on any atom is -0.399 e. The maximum Gasteiger partial charge on any atom is 0.255 e. The molecule has 0 bridgehead atoms. The summed E-state index contributed by atoms with van der Waals surface area (Å²) in [5.41, 5.74) is 7.47. The molecule has 1 saturated heterocycles. The average molecular weight is 265 g/mol. The summed E-state index contributed by atoms with van der Waals surface area (Å²) in [4.78, 5) is 15.4. The normalized spacial score (nSPS) is 22.6. The Labute approximate surface area is 112 Å². The molecule has 1 aromatic carbocycles. The summed E-state index contributed by atoms with van der Waals surface area (Å²) in [6.07, 6.45) is -1.60. The number of amides is 1. The van der Waals surface area contributed by atoms with E-state index in [0.717, 1.165) is 0 Å². The van der Waals surface area contributed by atoms with Gasteiger partial charge in [-0.2, -0.15) is 0 Å². The number of aliphatic hydroxyl groups is 2. The first-order valence-electron chi connectivity index (χ1n) is 6.12. The van der Waals surface area contributed by atoms with Crippen LogP contribution in [0.2, 0.25) is 0 Å². The summed E-state index contributed by atoms with van der Waals surface area (Å²) in [5, 5.41) is 19.2. The third-order valence-electron chi connectivity index (χ3n) is 3.26. The smallest absolute Gasteiger partial charge is 0.255 e. The van der Waals surface area contributed by atoms with Gasteiger partial charge in [0.15, 0.2) is 0 Å². The van der Waals surface area contributed by atoms with Crippen molar-refractivity contribution in [2.24, 2.45) is 0 Å². The zero-order valence-corrected chi connectivity index (χ0v) is 11.1. The molecule has 0 aromatic heterocycles. The summed E-state index contributed by atoms with van der Waals surface area (Å²) >= 11 is 0. The molecule has 0 saturated carbocycles. The van der Waals surface area contributed by atoms with Crippen LogP contribution in [0.3, 0.4) is 0 Å². The van der Waals surface area contributed by atoms with Gasteiger partial charge in [0, 0.05) is 32.9 Å². The zero-order valence-electron chi connectivity index (χ0n) is 11.1. The van der Waals surface area contributed by atoms with E-state index in [1.165, 1.54) is 4.90 Å². The van der Waals surface area contributed by atoms with E-state index >= 15 is 0 Å². The van der Waals surface area contributed by atoms with E-state index in [0.29, 0.717) is 30.0 Å². The molecule has 104 valence electrons. The molecule has 1 aliphatic heterocycles. The van der Waals surface area contributed by atoms with Gasteiger partial charge in [-0.1, -0.05) is 0 Å². The molecule has 1 fully saturated rings. The van der Waals surface area contributed by atoms with E-state index in [2.05, 4.69) is 0 Å². The maximum absolute atomic E-state index is 12.1. The van der Waals surface area contributed by atoms with E-state index in [4.69, 9.17) is 5.73 Å². The Morgan fingerprint density at radius 3 is 2.42 bits per heavy atom. The standard InChI is InChI=1S/C13H19N3O3/c1-15(2)13(19)9-4-3-8(14)5-10(9)16-6-11(17)12(18)7-16/h3-5,11-12,17-18H,6-7,14H2,1-2H3. The molecular formula is C13H19N3O3. The Hall–Kier alpha value is -1.79. The highest BCUT2D eigenvalue weighted by Gasteiger charge is 2.31. The second-order valence-electron chi connectivity index (χ2n) is 5.02. The largest absolute Gasteiger partial charge is 0.399 e. The molecule has 19 heavy (non-hydrogen) atoms. The number of β-amino-alcohol motifs (C(OH)–C–C–N with tert-alkyl or cyclic N) is 2. The minimum absolute atomic E-state index is 0.133. The third-order valence-corrected chi connectivity index (χ3v) is 3.26. The zero-order chi connectivity index (χ0) is 14.2. The van der Waals surface area contributed by atoms with Crippen molar-refractivity contribution in [1.29, 1.82) is 0 Å². The first-order valence-corrected chi connectivity index (χ1v) is 6.12. The SMILES string of the molecule is CN(C)C(=O)c1ccc(N)cc1N1CC(O)C(O)C1. The number of benzene rings is 1. The fraction of sp³-hybridized carbons (Fsp3) is 0.462. The van der Waals surface area contributed by atoms with Gasteiger partial charge in [0.05, 0.1) is 23.5 Å². The summed E-state index contributed by atoms with van der Waals surface area (Å²) in [5.74, 6) is -0.133. The number of rotatable bonds is 2. The summed E-state index contributed by atoms with van der Waals surface area (Å²) in [6.45, 7) is 0.580. The van der Waals surface area contributed by atoms with E-state index in [9.17, 15) is 15.0 Å². The van der Waals surface area contributed by atoms with Crippen molar-refractivity contribution in [3.8, 4) is 0 Å². The van der Waals surface area contributed by atoms with Gasteiger partial charge in [-0.25, -0.2) is 0 Å². The van der Waals surface area contributed by atoms with Gasteiger partial charge in [-0.15, -0.1) is 0 Å². The Morgan fingerprint density at radius 2 is 1.89 bits per heavy atom. The van der Waals surface area contributed by atoms with Gasteiger partial charge in [0.1, 0.15) is 0 Å². The van der Waals surface area contributed by atoms with Crippen LogP contribution in [0.15, 0.2) is 18.2 Å². The van der Waals surface area contributed by atoms with Crippen LogP contribution in [0.1, 0.15) is 10.4 Å². The maximum atomic E-state index is 12.1. The number of carbonyl (C=O) groups is 1. The first kappa shape index (κ1) is 13.6. The highest BCUT2D eigenvalue weighted by atomic mass is 16.3. The predicted molar refractivity (Wildman–Crippen MR) is 73.1 cm³/mol. The predicted octanol–water partition coefficient (Wildman–Crippen LogP) is -0.488. The lowest BCUT2D eigenvalue weighted by molar-refractivity contribution is 0.0572. The first-order chi connectivity index (χ1) is 8.90. The van der Waals surface area contributed by atoms with Gasteiger partial charge in [0.25, 0.3) is 5.91 Å². The molecule has 2 unspecified atom stereocenters. The molecule has 1 aromatic rings. The Kier molecular flexibility index (Phi) is 3.64. The van der Waals surface area contributed by atoms with Crippen molar-refractivity contribution in [3.63, 3.8) is 0 Å². The monoisotopic (exact) mass is 265 g/mol. The van der Waals surface area contributed by atoms with E-state index in [1.54, 1.807) is 37.2 Å². The molecule has 1 heterocycles. The van der Waals surface area contributed by atoms with Gasteiger partial charge in [-0.3, -0.25) is 4.79 Å². The van der Waals surface area contributed by atoms with Gasteiger partial charge in [0.2, 0.25) is 0 Å². The van der Waals surface area contributed by atoms with Crippen LogP contribution < -0.4 is 10.6 Å². The summed E-state index contributed by atoms with van der Waals surface area (Å²) in [6, 6.07) is 5.04. The number of hydrogen-bond donors (Lipinski definition) is 3. The molecule has 2 atom stereocenters. The lowest BCUT2D eigenvalue weighted by atomic mass is 10.1. The van der Waals surface area contributed by atoms with Crippen molar-refractivity contribution >= 4 is 17.3 Å². The number of nitrogen functional groups attached to an aromatic ring is 1. The fourth-order valence-corrected chi connectivity index (χ4v) is 2.20. The number of carbonyl (C=O) groups excluding carboxylic acids is 1. The van der Waals surface area contributed by atoms with E-state index in [-0.39, 0.29) is 5.91 Å². The molecule has 4 N–H and O–H groups in total. The number of nitrogens with two attached hydrogens (primary N) is 1. The van der Waals surface area contributed by atoms with Crippen molar-refractivity contribution < 1.29 is 15.0 Å². The number of hydrogen-bond acceptors (Lipinski definition) is 5. The second-order valence-corrected chi connectivity index (χ2v) is 5.02. The Bertz CT molecular complexity index is 480. The lowest BCUT2D eigenvalue weighted by Crippen LogP contribution is -2.28. The van der Waals surface area contributed by atoms with Crippen molar-refractivity contribution in [3.05, 3.63) is 23.8 Å². The van der Waals surface area contributed by atoms with Crippen molar-refractivity contribution in [1.82, 2.24) is 4.90 Å². The third kappa shape index (κ3) is 2.64. The molecule has 1 amide bonds. The van der Waals surface area contributed by atoms with Gasteiger partial charge >= 0.3 is 0 Å². The highest BCUT2D eigenvalue weighted by molar-refractivity contribution is 6.00. The van der Waals surface area contributed by atoms with Crippen LogP contribution >= 0.6 is 0 Å². The molecular weight excluding hydrogens is 246 g/mol. The average Bonchev–Trinajstić information content (AvgIpc) is 2.68. The van der Waals surface area contributed by atoms with Crippen LogP contribution in [0.25, 0.3) is 0 Å².